The number of aliphatic carboxylic acids is 2. The first-order valence-electron chi connectivity index (χ1n) is 6.55. The second-order valence-corrected chi connectivity index (χ2v) is 4.82. The van der Waals surface area contributed by atoms with E-state index in [2.05, 4.69) is 0 Å². The molecule has 0 saturated carbocycles. The zero-order valence-electron chi connectivity index (χ0n) is 12.3. The van der Waals surface area contributed by atoms with Crippen molar-refractivity contribution < 1.29 is 29.3 Å². The maximum Gasteiger partial charge on any atom is 0.307 e. The quantitative estimate of drug-likeness (QED) is 0.849. The van der Waals surface area contributed by atoms with Crippen LogP contribution in [0.1, 0.15) is 11.1 Å². The van der Waals surface area contributed by atoms with Crippen LogP contribution in [0.4, 0.5) is 0 Å². The van der Waals surface area contributed by atoms with E-state index in [1.165, 1.54) is 14.2 Å². The van der Waals surface area contributed by atoms with E-state index in [4.69, 9.17) is 19.7 Å². The molecule has 22 heavy (non-hydrogen) atoms. The second-order valence-electron chi connectivity index (χ2n) is 4.82. The molecule has 0 spiro atoms. The van der Waals surface area contributed by atoms with Crippen LogP contribution in [0.5, 0.6) is 11.5 Å². The molecule has 0 fully saturated rings. The molecular formula is C16H16O6. The van der Waals surface area contributed by atoms with E-state index in [0.29, 0.717) is 22.6 Å². The van der Waals surface area contributed by atoms with Crippen LogP contribution in [-0.2, 0) is 22.4 Å². The van der Waals surface area contributed by atoms with Gasteiger partial charge in [0.2, 0.25) is 0 Å². The Bertz CT molecular complexity index is 676. The van der Waals surface area contributed by atoms with Gasteiger partial charge in [0.05, 0.1) is 27.1 Å². The van der Waals surface area contributed by atoms with Crippen LogP contribution in [0.25, 0.3) is 10.8 Å². The number of hydrogen-bond acceptors (Lipinski definition) is 4. The first kappa shape index (κ1) is 15.6. The molecule has 0 amide bonds. The van der Waals surface area contributed by atoms with Crippen molar-refractivity contribution in [3.05, 3.63) is 35.4 Å². The highest BCUT2D eigenvalue weighted by atomic mass is 16.5. The second kappa shape index (κ2) is 6.34. The van der Waals surface area contributed by atoms with Crippen LogP contribution in [0, 0.1) is 0 Å². The van der Waals surface area contributed by atoms with Gasteiger partial charge in [0.15, 0.2) is 0 Å². The zero-order valence-corrected chi connectivity index (χ0v) is 12.3. The van der Waals surface area contributed by atoms with Gasteiger partial charge in [-0.1, -0.05) is 0 Å². The molecule has 0 bridgehead atoms. The fourth-order valence-electron chi connectivity index (χ4n) is 2.38. The summed E-state index contributed by atoms with van der Waals surface area (Å²) in [7, 11) is 2.95. The van der Waals surface area contributed by atoms with Crippen molar-refractivity contribution in [3.63, 3.8) is 0 Å². The Balaban J connectivity index is 2.62. The van der Waals surface area contributed by atoms with Gasteiger partial charge < -0.3 is 19.7 Å². The van der Waals surface area contributed by atoms with E-state index < -0.39 is 11.9 Å². The highest BCUT2D eigenvalue weighted by molar-refractivity contribution is 5.89. The molecule has 0 aliphatic heterocycles. The van der Waals surface area contributed by atoms with Gasteiger partial charge in [-0.15, -0.1) is 0 Å². The Morgan fingerprint density at radius 2 is 1.18 bits per heavy atom. The molecule has 2 aromatic rings. The van der Waals surface area contributed by atoms with Gasteiger partial charge >= 0.3 is 11.9 Å². The lowest BCUT2D eigenvalue weighted by molar-refractivity contribution is -0.137. The minimum Gasteiger partial charge on any atom is -0.496 e. The molecule has 0 unspecified atom stereocenters. The van der Waals surface area contributed by atoms with Gasteiger partial charge in [-0.05, 0) is 35.0 Å². The zero-order chi connectivity index (χ0) is 16.3. The third kappa shape index (κ3) is 3.28. The lowest BCUT2D eigenvalue weighted by Gasteiger charge is -2.12. The third-order valence-corrected chi connectivity index (χ3v) is 3.32. The van der Waals surface area contributed by atoms with Gasteiger partial charge in [-0.25, -0.2) is 0 Å². The number of hydrogen-bond donors (Lipinski definition) is 2. The van der Waals surface area contributed by atoms with E-state index in [-0.39, 0.29) is 12.8 Å². The topological polar surface area (TPSA) is 93.1 Å². The fourth-order valence-corrected chi connectivity index (χ4v) is 2.38. The van der Waals surface area contributed by atoms with Crippen molar-refractivity contribution in [3.8, 4) is 11.5 Å². The summed E-state index contributed by atoms with van der Waals surface area (Å²) in [6.45, 7) is 0. The number of ether oxygens (including phenoxy) is 2. The van der Waals surface area contributed by atoms with Crippen molar-refractivity contribution in [2.75, 3.05) is 14.2 Å². The normalized spacial score (nSPS) is 10.5. The molecule has 6 nitrogen and oxygen atoms in total. The standard InChI is InChI=1S/C16H16O6/c1-21-13-5-10-6-14(22-2)12(8-16(19)20)4-9(10)3-11(13)7-15(17)18/h3-6H,7-8H2,1-2H3,(H,17,18)(H,19,20). The first-order chi connectivity index (χ1) is 10.4. The Kier molecular flexibility index (Phi) is 4.50. The molecule has 0 radical (unpaired) electrons. The van der Waals surface area contributed by atoms with E-state index in [0.717, 1.165) is 10.8 Å². The maximum atomic E-state index is 10.9. The lowest BCUT2D eigenvalue weighted by atomic mass is 9.99. The van der Waals surface area contributed by atoms with E-state index in [1.807, 2.05) is 0 Å². The van der Waals surface area contributed by atoms with Crippen molar-refractivity contribution >= 4 is 22.7 Å². The Morgan fingerprint density at radius 3 is 1.50 bits per heavy atom. The molecule has 0 saturated heterocycles. The van der Waals surface area contributed by atoms with Gasteiger partial charge in [0, 0.05) is 11.1 Å². The summed E-state index contributed by atoms with van der Waals surface area (Å²) in [5, 5.41) is 19.5. The predicted octanol–water partition coefficient (Wildman–Crippen LogP) is 2.11. The number of carbonyl (C=O) groups is 2. The average Bonchev–Trinajstić information content (AvgIpc) is 2.44. The monoisotopic (exact) mass is 304 g/mol. The number of carboxylic acids is 2. The molecule has 0 heterocycles. The molecule has 2 rings (SSSR count). The molecule has 0 atom stereocenters. The van der Waals surface area contributed by atoms with Crippen molar-refractivity contribution in [2.45, 2.75) is 12.8 Å². The summed E-state index contributed by atoms with van der Waals surface area (Å²) in [6, 6.07) is 6.85. The number of benzene rings is 2. The first-order valence-corrected chi connectivity index (χ1v) is 6.55. The molecule has 116 valence electrons. The highest BCUT2D eigenvalue weighted by Crippen LogP contribution is 2.32. The van der Waals surface area contributed by atoms with Gasteiger partial charge in [0.1, 0.15) is 11.5 Å². The number of carboxylic acid groups (broad SMARTS) is 2. The molecule has 2 N–H and O–H groups in total. The van der Waals surface area contributed by atoms with Crippen LogP contribution >= 0.6 is 0 Å². The molecule has 0 aliphatic carbocycles. The minimum atomic E-state index is -0.961. The fraction of sp³-hybridized carbons (Fsp3) is 0.250. The summed E-state index contributed by atoms with van der Waals surface area (Å²) in [4.78, 5) is 21.9. The van der Waals surface area contributed by atoms with Crippen molar-refractivity contribution in [1.82, 2.24) is 0 Å². The summed E-state index contributed by atoms with van der Waals surface area (Å²) in [5.41, 5.74) is 1.07. The van der Waals surface area contributed by atoms with E-state index >= 15 is 0 Å². The van der Waals surface area contributed by atoms with Crippen LogP contribution in [-0.4, -0.2) is 36.4 Å². The van der Waals surface area contributed by atoms with E-state index in [1.54, 1.807) is 24.3 Å². The van der Waals surface area contributed by atoms with Gasteiger partial charge in [-0.3, -0.25) is 9.59 Å². The summed E-state index contributed by atoms with van der Waals surface area (Å²) in [6.07, 6.45) is -0.335. The molecule has 0 aromatic heterocycles. The smallest absolute Gasteiger partial charge is 0.307 e. The van der Waals surface area contributed by atoms with Crippen LogP contribution in [0.3, 0.4) is 0 Å². The Morgan fingerprint density at radius 1 is 0.818 bits per heavy atom. The maximum absolute atomic E-state index is 10.9. The molecule has 6 heteroatoms. The van der Waals surface area contributed by atoms with Crippen molar-refractivity contribution in [1.29, 1.82) is 0 Å². The van der Waals surface area contributed by atoms with E-state index in [9.17, 15) is 9.59 Å². The third-order valence-electron chi connectivity index (χ3n) is 3.32. The van der Waals surface area contributed by atoms with Gasteiger partial charge in [-0.2, -0.15) is 0 Å². The van der Waals surface area contributed by atoms with Gasteiger partial charge in [0.25, 0.3) is 0 Å². The minimum absolute atomic E-state index is 0.167. The largest absolute Gasteiger partial charge is 0.496 e. The summed E-state index contributed by atoms with van der Waals surface area (Å²) >= 11 is 0. The summed E-state index contributed by atoms with van der Waals surface area (Å²) in [5.74, 6) is -0.972. The summed E-state index contributed by atoms with van der Waals surface area (Å²) < 4.78 is 10.4. The Labute approximate surface area is 126 Å². The SMILES string of the molecule is COc1cc2cc(OC)c(CC(=O)O)cc2cc1CC(=O)O. The van der Waals surface area contributed by atoms with Crippen molar-refractivity contribution in [2.24, 2.45) is 0 Å². The average molecular weight is 304 g/mol. The number of rotatable bonds is 6. The predicted molar refractivity (Wildman–Crippen MR) is 79.7 cm³/mol. The lowest BCUT2D eigenvalue weighted by Crippen LogP contribution is -2.04. The number of methoxy groups -OCH3 is 2. The molecule has 0 aliphatic rings. The highest BCUT2D eigenvalue weighted by Gasteiger charge is 2.13. The van der Waals surface area contributed by atoms with Crippen LogP contribution in [0.15, 0.2) is 24.3 Å². The number of fused-ring (bicyclic) bond motifs is 1. The Hall–Kier alpha value is -2.76. The van der Waals surface area contributed by atoms with Crippen LogP contribution in [0.2, 0.25) is 0 Å². The molecule has 2 aromatic carbocycles. The molecular weight excluding hydrogens is 288 g/mol. The van der Waals surface area contributed by atoms with Crippen LogP contribution < -0.4 is 9.47 Å².